The number of aliphatic hydroxyl groups is 1. The van der Waals surface area contributed by atoms with Crippen molar-refractivity contribution in [2.24, 2.45) is 5.92 Å². The summed E-state index contributed by atoms with van der Waals surface area (Å²) in [5.41, 5.74) is 0.640. The molecule has 0 aromatic carbocycles. The highest BCUT2D eigenvalue weighted by Crippen LogP contribution is 2.42. The summed E-state index contributed by atoms with van der Waals surface area (Å²) in [5.74, 6) is -4.10. The quantitative estimate of drug-likeness (QED) is 0.598. The Balaban J connectivity index is 0.00000272. The van der Waals surface area contributed by atoms with Crippen LogP contribution in [0.5, 0.6) is 0 Å². The number of halogens is 4. The third-order valence-corrected chi connectivity index (χ3v) is 6.29. The molecule has 170 valence electrons. The standard InChI is InChI=1S/C19H21BrF3N5O2.CH4/c1-10-6-14-12(16-19(22,23)4-2-11(9-29)7-28(16)26-14)8-27(10)18(30)25-13-3-5-24-17(20)15(13)21;/h3,5,10-11,29H,2,4,6-9H2,1H3,(H,24,25,30);1H4/t10-,11+;/m1./s1. The summed E-state index contributed by atoms with van der Waals surface area (Å²) in [6.07, 6.45) is 1.47. The third-order valence-electron chi connectivity index (χ3n) is 5.73. The van der Waals surface area contributed by atoms with Crippen LogP contribution in [0.15, 0.2) is 16.9 Å². The fraction of sp³-hybridized carbons (Fsp3) is 0.550. The first-order valence-corrected chi connectivity index (χ1v) is 10.5. The van der Waals surface area contributed by atoms with Crippen LogP contribution in [0, 0.1) is 11.7 Å². The zero-order valence-electron chi connectivity index (χ0n) is 16.2. The van der Waals surface area contributed by atoms with Gasteiger partial charge >= 0.3 is 6.03 Å². The van der Waals surface area contributed by atoms with E-state index in [9.17, 15) is 23.1 Å². The summed E-state index contributed by atoms with van der Waals surface area (Å²) in [7, 11) is 0. The number of alkyl halides is 2. The van der Waals surface area contributed by atoms with Crippen molar-refractivity contribution in [3.05, 3.63) is 39.6 Å². The van der Waals surface area contributed by atoms with Gasteiger partial charge in [-0.25, -0.2) is 14.2 Å². The maximum Gasteiger partial charge on any atom is 0.322 e. The van der Waals surface area contributed by atoms with E-state index >= 15 is 0 Å². The number of hydrogen-bond acceptors (Lipinski definition) is 4. The van der Waals surface area contributed by atoms with Gasteiger partial charge in [0.05, 0.1) is 17.9 Å². The van der Waals surface area contributed by atoms with Gasteiger partial charge in [-0.1, -0.05) is 7.43 Å². The van der Waals surface area contributed by atoms with Crippen molar-refractivity contribution >= 4 is 27.6 Å². The largest absolute Gasteiger partial charge is 0.396 e. The molecule has 4 rings (SSSR count). The monoisotopic (exact) mass is 503 g/mol. The second-order valence-corrected chi connectivity index (χ2v) is 8.57. The highest BCUT2D eigenvalue weighted by Gasteiger charge is 2.44. The van der Waals surface area contributed by atoms with Gasteiger partial charge in [0.15, 0.2) is 5.82 Å². The number of carbonyl (C=O) groups is 1. The van der Waals surface area contributed by atoms with Crippen LogP contribution in [-0.4, -0.2) is 43.5 Å². The van der Waals surface area contributed by atoms with Crippen molar-refractivity contribution in [1.29, 1.82) is 0 Å². The van der Waals surface area contributed by atoms with Gasteiger partial charge in [0, 0.05) is 49.7 Å². The number of nitrogens with one attached hydrogen (secondary N) is 1. The molecular formula is C20H25BrF3N5O2. The minimum atomic E-state index is -3.10. The summed E-state index contributed by atoms with van der Waals surface area (Å²) in [6, 6.07) is 0.426. The first-order chi connectivity index (χ1) is 14.2. The second kappa shape index (κ2) is 8.78. The van der Waals surface area contributed by atoms with Crippen LogP contribution in [-0.2, 0) is 25.4 Å². The summed E-state index contributed by atoms with van der Waals surface area (Å²) in [4.78, 5) is 18.0. The predicted octanol–water partition coefficient (Wildman–Crippen LogP) is 4.29. The normalized spacial score (nSPS) is 22.1. The lowest BCUT2D eigenvalue weighted by Crippen LogP contribution is -2.45. The Kier molecular flexibility index (Phi) is 6.66. The molecule has 31 heavy (non-hydrogen) atoms. The first kappa shape index (κ1) is 23.5. The second-order valence-electron chi connectivity index (χ2n) is 7.82. The fourth-order valence-corrected chi connectivity index (χ4v) is 4.43. The van der Waals surface area contributed by atoms with Crippen LogP contribution >= 0.6 is 15.9 Å². The smallest absolute Gasteiger partial charge is 0.322 e. The fourth-order valence-electron chi connectivity index (χ4n) is 4.10. The molecule has 0 unspecified atom stereocenters. The van der Waals surface area contributed by atoms with E-state index < -0.39 is 17.8 Å². The number of rotatable bonds is 2. The lowest BCUT2D eigenvalue weighted by Gasteiger charge is -2.33. The lowest BCUT2D eigenvalue weighted by molar-refractivity contribution is -0.0227. The molecule has 7 nitrogen and oxygen atoms in total. The lowest BCUT2D eigenvalue weighted by atomic mass is 9.96. The zero-order chi connectivity index (χ0) is 21.6. The molecular weight excluding hydrogens is 479 g/mol. The molecule has 0 spiro atoms. The molecule has 4 heterocycles. The summed E-state index contributed by atoms with van der Waals surface area (Å²) >= 11 is 2.97. The van der Waals surface area contributed by atoms with Gasteiger partial charge in [-0.3, -0.25) is 4.68 Å². The Labute approximate surface area is 186 Å². The van der Waals surface area contributed by atoms with Gasteiger partial charge in [0.25, 0.3) is 5.92 Å². The summed E-state index contributed by atoms with van der Waals surface area (Å²) < 4.78 is 45.3. The van der Waals surface area contributed by atoms with Crippen molar-refractivity contribution in [2.75, 3.05) is 11.9 Å². The molecule has 2 aliphatic rings. The summed E-state index contributed by atoms with van der Waals surface area (Å²) in [5, 5.41) is 16.4. The van der Waals surface area contributed by atoms with Gasteiger partial charge in [0.1, 0.15) is 10.3 Å². The predicted molar refractivity (Wildman–Crippen MR) is 112 cm³/mol. The maximum atomic E-state index is 14.9. The molecule has 0 bridgehead atoms. The van der Waals surface area contributed by atoms with Crippen LogP contribution in [0.2, 0.25) is 0 Å². The minimum absolute atomic E-state index is 0. The van der Waals surface area contributed by atoms with E-state index in [1.807, 2.05) is 0 Å². The molecule has 0 saturated heterocycles. The van der Waals surface area contributed by atoms with E-state index in [2.05, 4.69) is 31.3 Å². The topological polar surface area (TPSA) is 83.3 Å². The van der Waals surface area contributed by atoms with E-state index in [4.69, 9.17) is 0 Å². The van der Waals surface area contributed by atoms with Crippen LogP contribution in [0.1, 0.15) is 44.1 Å². The van der Waals surface area contributed by atoms with Gasteiger partial charge in [-0.15, -0.1) is 0 Å². The van der Waals surface area contributed by atoms with E-state index in [1.165, 1.54) is 21.8 Å². The number of anilines is 1. The number of nitrogens with zero attached hydrogens (tertiary/aromatic N) is 4. The van der Waals surface area contributed by atoms with Crippen molar-refractivity contribution in [2.45, 2.75) is 58.7 Å². The number of urea groups is 1. The van der Waals surface area contributed by atoms with E-state index in [1.54, 1.807) is 6.92 Å². The molecule has 2 aromatic heterocycles. The van der Waals surface area contributed by atoms with Crippen molar-refractivity contribution < 1.29 is 23.1 Å². The molecule has 2 amide bonds. The van der Waals surface area contributed by atoms with Crippen molar-refractivity contribution in [3.8, 4) is 0 Å². The number of fused-ring (bicyclic) bond motifs is 3. The maximum absolute atomic E-state index is 14.9. The molecule has 2 aromatic rings. The van der Waals surface area contributed by atoms with Gasteiger partial charge in [-0.2, -0.15) is 13.9 Å². The minimum Gasteiger partial charge on any atom is -0.396 e. The Morgan fingerprint density at radius 1 is 1.45 bits per heavy atom. The molecule has 0 radical (unpaired) electrons. The van der Waals surface area contributed by atoms with E-state index in [0.717, 1.165) is 0 Å². The van der Waals surface area contributed by atoms with Crippen LogP contribution in [0.4, 0.5) is 23.7 Å². The number of aromatic nitrogens is 3. The SMILES string of the molecule is C.C[C@@H]1Cc2nn3c(c2CN1C(=O)Nc1ccnc(Br)c1F)C(F)(F)CC[C@H](CO)C3. The van der Waals surface area contributed by atoms with E-state index in [-0.39, 0.29) is 67.9 Å². The van der Waals surface area contributed by atoms with Gasteiger partial charge in [0.2, 0.25) is 0 Å². The molecule has 11 heteroatoms. The average molecular weight is 504 g/mol. The molecule has 0 saturated carbocycles. The Morgan fingerprint density at radius 2 is 2.19 bits per heavy atom. The molecule has 2 atom stereocenters. The van der Waals surface area contributed by atoms with Gasteiger partial charge < -0.3 is 15.3 Å². The number of amides is 2. The van der Waals surface area contributed by atoms with Crippen LogP contribution in [0.25, 0.3) is 0 Å². The number of hydrogen-bond donors (Lipinski definition) is 2. The molecule has 2 N–H and O–H groups in total. The van der Waals surface area contributed by atoms with E-state index in [0.29, 0.717) is 17.7 Å². The third kappa shape index (κ3) is 4.30. The molecule has 2 aliphatic heterocycles. The van der Waals surface area contributed by atoms with Gasteiger partial charge in [-0.05, 0) is 35.3 Å². The Bertz CT molecular complexity index is 984. The molecule has 0 aliphatic carbocycles. The highest BCUT2D eigenvalue weighted by atomic mass is 79.9. The Hall–Kier alpha value is -2.14. The zero-order valence-corrected chi connectivity index (χ0v) is 17.8. The first-order valence-electron chi connectivity index (χ1n) is 9.66. The Morgan fingerprint density at radius 3 is 2.90 bits per heavy atom. The number of carbonyl (C=O) groups excluding carboxylic acids is 1. The van der Waals surface area contributed by atoms with Crippen molar-refractivity contribution in [1.82, 2.24) is 19.7 Å². The number of aliphatic hydroxyl groups excluding tert-OH is 1. The highest BCUT2D eigenvalue weighted by molar-refractivity contribution is 9.10. The molecule has 0 fully saturated rings. The van der Waals surface area contributed by atoms with Crippen LogP contribution in [0.3, 0.4) is 0 Å². The number of pyridine rings is 1. The van der Waals surface area contributed by atoms with Crippen molar-refractivity contribution in [3.63, 3.8) is 0 Å². The summed E-state index contributed by atoms with van der Waals surface area (Å²) in [6.45, 7) is 1.77. The average Bonchev–Trinajstić information content (AvgIpc) is 2.99. The van der Waals surface area contributed by atoms with Crippen LogP contribution < -0.4 is 5.32 Å².